The maximum atomic E-state index is 11.7. The Kier molecular flexibility index (Phi) is 7.25. The summed E-state index contributed by atoms with van der Waals surface area (Å²) >= 11 is 0. The molecule has 3 N–H and O–H groups in total. The van der Waals surface area contributed by atoms with Crippen molar-refractivity contribution >= 4 is 18.3 Å². The topological polar surface area (TPSA) is 95.5 Å². The molecule has 1 aromatic rings. The van der Waals surface area contributed by atoms with E-state index in [0.717, 1.165) is 24.9 Å². The van der Waals surface area contributed by atoms with Crippen LogP contribution in [0.25, 0.3) is 0 Å². The Morgan fingerprint density at radius 3 is 2.27 bits per heavy atom. The lowest BCUT2D eigenvalue weighted by Crippen LogP contribution is -2.47. The average molecular weight is 306 g/mol. The highest BCUT2D eigenvalue weighted by atomic mass is 16.3. The quantitative estimate of drug-likeness (QED) is 0.429. The zero-order chi connectivity index (χ0) is 16.4. The molecule has 1 aliphatic heterocycles. The van der Waals surface area contributed by atoms with Gasteiger partial charge in [-0.05, 0) is 32.0 Å². The predicted octanol–water partition coefficient (Wildman–Crippen LogP) is 1.06. The van der Waals surface area contributed by atoms with Crippen LogP contribution in [-0.4, -0.2) is 37.0 Å². The van der Waals surface area contributed by atoms with Crippen molar-refractivity contribution in [1.29, 1.82) is 0 Å². The van der Waals surface area contributed by atoms with Crippen LogP contribution in [0.15, 0.2) is 30.3 Å². The summed E-state index contributed by atoms with van der Waals surface area (Å²) in [7, 11) is 1.91. The van der Waals surface area contributed by atoms with Crippen LogP contribution in [0.1, 0.15) is 31.2 Å². The first-order valence-corrected chi connectivity index (χ1v) is 7.18. The Labute approximate surface area is 129 Å². The van der Waals surface area contributed by atoms with Gasteiger partial charge in [-0.25, -0.2) is 0 Å². The van der Waals surface area contributed by atoms with Gasteiger partial charge in [0, 0.05) is 18.3 Å². The van der Waals surface area contributed by atoms with E-state index in [2.05, 4.69) is 10.6 Å². The van der Waals surface area contributed by atoms with Crippen LogP contribution in [0, 0.1) is 0 Å². The van der Waals surface area contributed by atoms with Gasteiger partial charge in [-0.15, -0.1) is 0 Å². The second-order valence-electron chi connectivity index (χ2n) is 5.28. The van der Waals surface area contributed by atoms with Gasteiger partial charge in [-0.1, -0.05) is 30.3 Å². The monoisotopic (exact) mass is 306 g/mol. The first-order chi connectivity index (χ1) is 10.6. The van der Waals surface area contributed by atoms with Crippen molar-refractivity contribution in [2.45, 2.75) is 31.1 Å². The van der Waals surface area contributed by atoms with Crippen molar-refractivity contribution < 1.29 is 19.5 Å². The normalized spacial score (nSPS) is 16.2. The van der Waals surface area contributed by atoms with E-state index >= 15 is 0 Å². The molecule has 0 bridgehead atoms. The molecule has 0 unspecified atom stereocenters. The van der Waals surface area contributed by atoms with Crippen molar-refractivity contribution in [3.63, 3.8) is 0 Å². The molecular weight excluding hydrogens is 284 g/mol. The predicted molar refractivity (Wildman–Crippen MR) is 82.4 cm³/mol. The summed E-state index contributed by atoms with van der Waals surface area (Å²) in [6.45, 7) is 0.643. The van der Waals surface area contributed by atoms with E-state index in [0.29, 0.717) is 12.8 Å². The van der Waals surface area contributed by atoms with E-state index in [-0.39, 0.29) is 23.7 Å². The van der Waals surface area contributed by atoms with Gasteiger partial charge in [0.25, 0.3) is 6.47 Å². The summed E-state index contributed by atoms with van der Waals surface area (Å²) in [5.41, 5.74) is 0.756. The molecule has 0 atom stereocenters. The van der Waals surface area contributed by atoms with Crippen molar-refractivity contribution in [3.8, 4) is 0 Å². The van der Waals surface area contributed by atoms with Gasteiger partial charge in [0.05, 0.1) is 0 Å². The van der Waals surface area contributed by atoms with Crippen molar-refractivity contribution in [1.82, 2.24) is 10.6 Å². The van der Waals surface area contributed by atoms with Gasteiger partial charge in [0.1, 0.15) is 0 Å². The number of carbonyl (C=O) groups excluding carboxylic acids is 2. The molecule has 0 aliphatic carbocycles. The van der Waals surface area contributed by atoms with E-state index in [4.69, 9.17) is 9.90 Å². The molecule has 0 radical (unpaired) electrons. The summed E-state index contributed by atoms with van der Waals surface area (Å²) in [4.78, 5) is 31.9. The third-order valence-electron chi connectivity index (χ3n) is 3.74. The number of piperidine rings is 1. The number of benzene rings is 1. The molecule has 0 spiro atoms. The number of amides is 2. The number of nitrogens with one attached hydrogen (secondary N) is 2. The van der Waals surface area contributed by atoms with Crippen LogP contribution < -0.4 is 10.6 Å². The molecule has 0 aromatic heterocycles. The van der Waals surface area contributed by atoms with Crippen LogP contribution >= 0.6 is 0 Å². The minimum atomic E-state index is -0.336. The zero-order valence-electron chi connectivity index (χ0n) is 12.7. The molecule has 0 saturated carbocycles. The van der Waals surface area contributed by atoms with E-state index in [1.54, 1.807) is 0 Å². The Balaban J connectivity index is 0.000000745. The van der Waals surface area contributed by atoms with Gasteiger partial charge < -0.3 is 10.4 Å². The lowest BCUT2D eigenvalue weighted by Gasteiger charge is -2.36. The molecule has 6 nitrogen and oxygen atoms in total. The van der Waals surface area contributed by atoms with Gasteiger partial charge in [0.15, 0.2) is 0 Å². The van der Waals surface area contributed by atoms with Crippen molar-refractivity contribution in [2.24, 2.45) is 0 Å². The minimum Gasteiger partial charge on any atom is -0.483 e. The molecule has 22 heavy (non-hydrogen) atoms. The van der Waals surface area contributed by atoms with Gasteiger partial charge in [0.2, 0.25) is 11.8 Å². The molecule has 1 aromatic carbocycles. The second kappa shape index (κ2) is 8.94. The zero-order valence-corrected chi connectivity index (χ0v) is 12.7. The first-order valence-electron chi connectivity index (χ1n) is 7.18. The van der Waals surface area contributed by atoms with Crippen LogP contribution in [0.5, 0.6) is 0 Å². The van der Waals surface area contributed by atoms with Crippen LogP contribution in [0.3, 0.4) is 0 Å². The summed E-state index contributed by atoms with van der Waals surface area (Å²) in [5.74, 6) is -0.325. The van der Waals surface area contributed by atoms with Crippen molar-refractivity contribution in [2.75, 3.05) is 13.6 Å². The molecule has 1 heterocycles. The summed E-state index contributed by atoms with van der Waals surface area (Å²) in [5, 5.41) is 12.4. The van der Waals surface area contributed by atoms with E-state index in [1.165, 1.54) is 0 Å². The highest BCUT2D eigenvalue weighted by Gasteiger charge is 2.40. The molecule has 2 amide bonds. The Bertz CT molecular complexity index is 486. The number of hydrogen-bond acceptors (Lipinski definition) is 4. The lowest BCUT2D eigenvalue weighted by atomic mass is 9.69. The fourth-order valence-electron chi connectivity index (χ4n) is 2.84. The van der Waals surface area contributed by atoms with Crippen LogP contribution in [0.2, 0.25) is 0 Å². The maximum absolute atomic E-state index is 11.7. The number of carboxylic acid groups (broad SMARTS) is 1. The molecule has 1 fully saturated rings. The van der Waals surface area contributed by atoms with E-state index < -0.39 is 0 Å². The molecule has 1 aliphatic rings. The molecular formula is C16H22N2O4. The third-order valence-corrected chi connectivity index (χ3v) is 3.74. The summed E-state index contributed by atoms with van der Waals surface area (Å²) in [6, 6.07) is 9.92. The minimum absolute atomic E-state index is 0.162. The van der Waals surface area contributed by atoms with E-state index in [9.17, 15) is 9.59 Å². The number of hydrogen-bond donors (Lipinski definition) is 3. The SMILES string of the molecule is CNCCCC1(c2ccccc2)CC(=O)NC(=O)C1.O=CO. The fraction of sp³-hybridized carbons (Fsp3) is 0.438. The molecule has 1 saturated heterocycles. The van der Waals surface area contributed by atoms with Crippen molar-refractivity contribution in [3.05, 3.63) is 35.9 Å². The first kappa shape index (κ1) is 17.8. The molecule has 2 rings (SSSR count). The largest absolute Gasteiger partial charge is 0.483 e. The standard InChI is InChI=1S/C15H20N2O2.CH2O2/c1-16-9-5-8-15(12-6-3-2-4-7-12)10-13(18)17-14(19)11-15;2-1-3/h2-4,6-7,16H,5,8-11H2,1H3,(H,17,18,19);1H,(H,2,3). The Hall–Kier alpha value is -2.21. The third kappa shape index (κ3) is 4.96. The highest BCUT2D eigenvalue weighted by molar-refractivity contribution is 5.99. The van der Waals surface area contributed by atoms with Crippen LogP contribution in [0.4, 0.5) is 0 Å². The molecule has 120 valence electrons. The van der Waals surface area contributed by atoms with Gasteiger partial charge in [-0.3, -0.25) is 19.7 Å². The summed E-state index contributed by atoms with van der Waals surface area (Å²) in [6.07, 6.45) is 2.59. The van der Waals surface area contributed by atoms with E-state index in [1.807, 2.05) is 37.4 Å². The number of imide groups is 1. The second-order valence-corrected chi connectivity index (χ2v) is 5.28. The highest BCUT2D eigenvalue weighted by Crippen LogP contribution is 2.38. The Morgan fingerprint density at radius 2 is 1.77 bits per heavy atom. The number of carbonyl (C=O) groups is 3. The molecule has 6 heteroatoms. The smallest absolute Gasteiger partial charge is 0.290 e. The number of rotatable bonds is 5. The van der Waals surface area contributed by atoms with Gasteiger partial charge >= 0.3 is 0 Å². The lowest BCUT2D eigenvalue weighted by molar-refractivity contribution is -0.136. The van der Waals surface area contributed by atoms with Gasteiger partial charge in [-0.2, -0.15) is 0 Å². The average Bonchev–Trinajstić information content (AvgIpc) is 2.48. The maximum Gasteiger partial charge on any atom is 0.290 e. The fourth-order valence-corrected chi connectivity index (χ4v) is 2.84. The summed E-state index contributed by atoms with van der Waals surface area (Å²) < 4.78 is 0. The van der Waals surface area contributed by atoms with Crippen LogP contribution in [-0.2, 0) is 19.8 Å². The Morgan fingerprint density at radius 1 is 1.23 bits per heavy atom.